The number of halogens is 10. The van der Waals surface area contributed by atoms with Crippen LogP contribution in [0.15, 0.2) is 212 Å². The molecule has 0 unspecified atom stereocenters. The van der Waals surface area contributed by atoms with Gasteiger partial charge in [0.2, 0.25) is 0 Å². The van der Waals surface area contributed by atoms with Crippen molar-refractivity contribution >= 4 is 116 Å². The van der Waals surface area contributed by atoms with Crippen LogP contribution >= 0.6 is 116 Å². The molecule has 5 aliphatic carbocycles. The normalized spacial score (nSPS) is 21.6. The van der Waals surface area contributed by atoms with Gasteiger partial charge in [0.05, 0.1) is 50.2 Å². The Labute approximate surface area is 642 Å². The lowest BCUT2D eigenvalue weighted by Gasteiger charge is -2.32. The Morgan fingerprint density at radius 1 is 0.190 bits per heavy atom. The van der Waals surface area contributed by atoms with E-state index in [1.165, 1.54) is 83.5 Å². The molecule has 10 atom stereocenters. The molecule has 0 saturated heterocycles. The summed E-state index contributed by atoms with van der Waals surface area (Å²) in [6.07, 6.45) is 11.3. The Morgan fingerprint density at radius 2 is 0.340 bits per heavy atom. The fourth-order valence-electron chi connectivity index (χ4n) is 15.8. The van der Waals surface area contributed by atoms with Crippen LogP contribution in [0.5, 0.6) is 0 Å². The summed E-state index contributed by atoms with van der Waals surface area (Å²) in [5, 5.41) is 23.3. The van der Waals surface area contributed by atoms with Crippen molar-refractivity contribution in [2.24, 2.45) is 0 Å². The van der Waals surface area contributed by atoms with Crippen molar-refractivity contribution in [2.45, 2.75) is 124 Å². The van der Waals surface area contributed by atoms with Crippen LogP contribution in [0, 0.1) is 0 Å². The van der Waals surface area contributed by atoms with E-state index in [2.05, 4.69) is 178 Å². The molecule has 0 fully saturated rings. The van der Waals surface area contributed by atoms with Crippen molar-refractivity contribution < 1.29 is 0 Å². The van der Waals surface area contributed by atoms with Crippen LogP contribution < -0.4 is 26.6 Å². The van der Waals surface area contributed by atoms with Gasteiger partial charge >= 0.3 is 0 Å². The van der Waals surface area contributed by atoms with E-state index in [9.17, 15) is 0 Å². The molecule has 5 nitrogen and oxygen atoms in total. The number of hydrogen-bond donors (Lipinski definition) is 5. The Morgan fingerprint density at radius 3 is 0.480 bits per heavy atom. The second-order valence-electron chi connectivity index (χ2n) is 26.4. The van der Waals surface area contributed by atoms with E-state index < -0.39 is 0 Å². The van der Waals surface area contributed by atoms with Gasteiger partial charge in [-0.3, -0.25) is 0 Å². The van der Waals surface area contributed by atoms with Crippen LogP contribution in [0.1, 0.15) is 207 Å². The third-order valence-corrected chi connectivity index (χ3v) is 24.6. The lowest BCUT2D eigenvalue weighted by Crippen LogP contribution is -2.24. The summed E-state index contributed by atoms with van der Waals surface area (Å²) in [4.78, 5) is 0. The minimum Gasteiger partial charge on any atom is -0.313 e. The second kappa shape index (κ2) is 36.1. The SMILES string of the molecule is CN[C@@H]1CC[C@@H](c2ccc(Cl)c(Cl)c2)c2ccccc21.CN[C@@H]1CC[C@H](c2ccc(Cl)c(Cl)c2)c2ccccc21.CN[C@H]1CC[C@@H](c2ccc(Cl)c(Cl)c2)c2ccccc21.CN[C@H]1CC[C@@H](c2ccc(Cl)c(Cl)c2)c2ccccc21.CN[C@H]1CC[C@H](c2ccc(Cl)c(Cl)c2)c2ccccc21. The molecule has 0 heterocycles. The van der Waals surface area contributed by atoms with E-state index >= 15 is 0 Å². The maximum absolute atomic E-state index is 6.17. The molecule has 15 heteroatoms. The molecule has 10 aromatic carbocycles. The smallest absolute Gasteiger partial charge is 0.0595 e. The van der Waals surface area contributed by atoms with E-state index in [4.69, 9.17) is 116 Å². The molecule has 0 saturated carbocycles. The summed E-state index contributed by atoms with van der Waals surface area (Å²) < 4.78 is 0. The van der Waals surface area contributed by atoms with Gasteiger partial charge in [-0.1, -0.05) is 268 Å². The molecule has 0 spiro atoms. The third-order valence-electron chi connectivity index (χ3n) is 20.9. The summed E-state index contributed by atoms with van der Waals surface area (Å²) in [7, 11) is 10.1. The van der Waals surface area contributed by atoms with Crippen molar-refractivity contribution in [3.05, 3.63) is 346 Å². The molecule has 520 valence electrons. The minimum atomic E-state index is 0.408. The van der Waals surface area contributed by atoms with Crippen LogP contribution in [-0.4, -0.2) is 35.2 Å². The first-order valence-corrected chi connectivity index (χ1v) is 38.4. The van der Waals surface area contributed by atoms with Crippen molar-refractivity contribution in [3.8, 4) is 0 Å². The molecule has 0 aromatic heterocycles. The Kier molecular flexibility index (Phi) is 27.4. The minimum absolute atomic E-state index is 0.408. The Bertz CT molecular complexity index is 3770. The molecule has 0 bridgehead atoms. The van der Waals surface area contributed by atoms with Gasteiger partial charge in [-0.2, -0.15) is 0 Å². The van der Waals surface area contributed by atoms with E-state index in [1.54, 1.807) is 0 Å². The van der Waals surface area contributed by atoms with Crippen LogP contribution in [0.4, 0.5) is 0 Å². The average molecular weight is 1530 g/mol. The quantitative estimate of drug-likeness (QED) is 0.0945. The van der Waals surface area contributed by atoms with E-state index in [-0.39, 0.29) is 0 Å². The second-order valence-corrected chi connectivity index (χ2v) is 30.4. The molecule has 5 aliphatic rings. The van der Waals surface area contributed by atoms with Gasteiger partial charge in [0, 0.05) is 59.8 Å². The molecule has 100 heavy (non-hydrogen) atoms. The number of hydrogen-bond acceptors (Lipinski definition) is 5. The zero-order valence-electron chi connectivity index (χ0n) is 56.8. The summed E-state index contributed by atoms with van der Waals surface area (Å²) in [6.45, 7) is 0. The van der Waals surface area contributed by atoms with Gasteiger partial charge < -0.3 is 26.6 Å². The highest BCUT2D eigenvalue weighted by Gasteiger charge is 2.33. The maximum Gasteiger partial charge on any atom is 0.0595 e. The fraction of sp³-hybridized carbons (Fsp3) is 0.294. The van der Waals surface area contributed by atoms with Gasteiger partial charge in [-0.15, -0.1) is 0 Å². The average Bonchev–Trinajstić information content (AvgIpc) is 0.817. The molecule has 0 aliphatic heterocycles. The van der Waals surface area contributed by atoms with Gasteiger partial charge in [0.25, 0.3) is 0 Å². The lowest BCUT2D eigenvalue weighted by atomic mass is 9.77. The Balaban J connectivity index is 0.000000126. The van der Waals surface area contributed by atoms with Crippen LogP contribution in [0.3, 0.4) is 0 Å². The zero-order valence-corrected chi connectivity index (χ0v) is 64.4. The van der Waals surface area contributed by atoms with Gasteiger partial charge in [0.15, 0.2) is 0 Å². The first-order chi connectivity index (χ1) is 48.5. The number of fused-ring (bicyclic) bond motifs is 5. The first-order valence-electron chi connectivity index (χ1n) is 34.6. The van der Waals surface area contributed by atoms with Crippen LogP contribution in [0.2, 0.25) is 50.2 Å². The van der Waals surface area contributed by atoms with E-state index in [1.807, 2.05) is 95.9 Å². The number of rotatable bonds is 10. The topological polar surface area (TPSA) is 60.1 Å². The molecular weight excluding hydrogens is 1450 g/mol. The highest BCUT2D eigenvalue weighted by molar-refractivity contribution is 6.44. The standard InChI is InChI=1S/5C17H17Cl2N/c5*1-20-17-9-7-12(13-4-2-3-5-14(13)17)11-6-8-15(18)16(19)10-11/h5*2-6,8,10,12,17,20H,7,9H2,1H3/t2*12-,17+;3*12-,17-/m10100/s1. The van der Waals surface area contributed by atoms with Gasteiger partial charge in [0.1, 0.15) is 0 Å². The van der Waals surface area contributed by atoms with Crippen LogP contribution in [0.25, 0.3) is 0 Å². The molecule has 0 amide bonds. The van der Waals surface area contributed by atoms with Crippen molar-refractivity contribution in [1.82, 2.24) is 26.6 Å². The number of nitrogens with one attached hydrogen (secondary N) is 5. The monoisotopic (exact) mass is 1530 g/mol. The van der Waals surface area contributed by atoms with Gasteiger partial charge in [-0.05, 0) is 244 Å². The maximum atomic E-state index is 6.17. The highest BCUT2D eigenvalue weighted by Crippen LogP contribution is 2.48. The molecule has 10 aromatic rings. The highest BCUT2D eigenvalue weighted by atomic mass is 35.5. The lowest BCUT2D eigenvalue weighted by molar-refractivity contribution is 0.471. The van der Waals surface area contributed by atoms with E-state index in [0.29, 0.717) is 110 Å². The summed E-state index contributed by atoms with van der Waals surface area (Å²) in [5.41, 5.74) is 20.3. The van der Waals surface area contributed by atoms with Crippen molar-refractivity contribution in [1.29, 1.82) is 0 Å². The molecule has 15 rings (SSSR count). The summed E-state index contributed by atoms with van der Waals surface area (Å²) >= 11 is 61.0. The first kappa shape index (κ1) is 76.0. The number of benzene rings is 10. The predicted octanol–water partition coefficient (Wildman–Crippen LogP) is 25.9. The molecule has 5 N–H and O–H groups in total. The molecular formula is C85H85Cl10N5. The third kappa shape index (κ3) is 17.8. The van der Waals surface area contributed by atoms with Crippen LogP contribution in [-0.2, 0) is 0 Å². The molecule has 0 radical (unpaired) electrons. The summed E-state index contributed by atoms with van der Waals surface area (Å²) in [5.74, 6) is 2.04. The predicted molar refractivity (Wildman–Crippen MR) is 429 cm³/mol. The van der Waals surface area contributed by atoms with Crippen molar-refractivity contribution in [3.63, 3.8) is 0 Å². The van der Waals surface area contributed by atoms with Crippen molar-refractivity contribution in [2.75, 3.05) is 35.2 Å². The fourth-order valence-corrected chi connectivity index (χ4v) is 17.4. The Hall–Kier alpha value is -5.10. The summed E-state index contributed by atoms with van der Waals surface area (Å²) in [6, 6.07) is 75.6. The zero-order chi connectivity index (χ0) is 70.6. The largest absolute Gasteiger partial charge is 0.313 e. The van der Waals surface area contributed by atoms with Gasteiger partial charge in [-0.25, -0.2) is 0 Å². The van der Waals surface area contributed by atoms with E-state index in [0.717, 1.165) is 64.2 Å².